The van der Waals surface area contributed by atoms with E-state index in [1.807, 2.05) is 17.7 Å². The first-order chi connectivity index (χ1) is 8.93. The van der Waals surface area contributed by atoms with Gasteiger partial charge in [-0.2, -0.15) is 13.2 Å². The van der Waals surface area contributed by atoms with Crippen LogP contribution in [0.5, 0.6) is 0 Å². The van der Waals surface area contributed by atoms with Crippen molar-refractivity contribution in [2.24, 2.45) is 17.6 Å². The molecule has 108 valence electrons. The van der Waals surface area contributed by atoms with Crippen LogP contribution < -0.4 is 5.73 Å². The van der Waals surface area contributed by atoms with Crippen LogP contribution in [0.3, 0.4) is 0 Å². The van der Waals surface area contributed by atoms with Crippen molar-refractivity contribution >= 4 is 0 Å². The molecule has 1 unspecified atom stereocenters. The highest BCUT2D eigenvalue weighted by atomic mass is 19.4. The minimum atomic E-state index is -4.06. The second-order valence-electron chi connectivity index (χ2n) is 5.25. The van der Waals surface area contributed by atoms with Crippen LogP contribution in [0.1, 0.15) is 44.5 Å². The molecule has 2 rings (SSSR count). The Balaban J connectivity index is 1.98. The standard InChI is InChI=1S/C13H20F3N3/c1-2-19-8-7-18-12(19)11(17)9-3-5-10(6-4-9)13(14,15)16/h7-11H,2-6,17H2,1H3. The Hall–Kier alpha value is -1.04. The molecule has 0 aliphatic heterocycles. The molecule has 1 aliphatic carbocycles. The zero-order valence-electron chi connectivity index (χ0n) is 11.0. The molecular weight excluding hydrogens is 255 g/mol. The van der Waals surface area contributed by atoms with E-state index in [2.05, 4.69) is 4.98 Å². The Morgan fingerprint density at radius 3 is 2.53 bits per heavy atom. The van der Waals surface area contributed by atoms with Gasteiger partial charge >= 0.3 is 6.18 Å². The summed E-state index contributed by atoms with van der Waals surface area (Å²) in [7, 11) is 0. The fourth-order valence-corrected chi connectivity index (χ4v) is 2.90. The lowest BCUT2D eigenvalue weighted by Gasteiger charge is -2.32. The topological polar surface area (TPSA) is 43.8 Å². The van der Waals surface area contributed by atoms with Crippen LogP contribution in [0.25, 0.3) is 0 Å². The molecule has 1 heterocycles. The van der Waals surface area contributed by atoms with Crippen molar-refractivity contribution < 1.29 is 13.2 Å². The minimum absolute atomic E-state index is 0.103. The maximum Gasteiger partial charge on any atom is 0.391 e. The molecule has 6 heteroatoms. The van der Waals surface area contributed by atoms with E-state index in [4.69, 9.17) is 5.73 Å². The summed E-state index contributed by atoms with van der Waals surface area (Å²) >= 11 is 0. The van der Waals surface area contributed by atoms with Gasteiger partial charge in [-0.15, -0.1) is 0 Å². The van der Waals surface area contributed by atoms with Crippen LogP contribution in [0, 0.1) is 11.8 Å². The molecule has 0 amide bonds. The molecule has 0 radical (unpaired) electrons. The number of imidazole rings is 1. The van der Waals surface area contributed by atoms with Gasteiger partial charge < -0.3 is 10.3 Å². The van der Waals surface area contributed by atoms with Crippen LogP contribution in [-0.2, 0) is 6.54 Å². The van der Waals surface area contributed by atoms with Crippen LogP contribution in [0.15, 0.2) is 12.4 Å². The molecule has 0 bridgehead atoms. The van der Waals surface area contributed by atoms with E-state index < -0.39 is 12.1 Å². The number of alkyl halides is 3. The molecule has 0 aromatic carbocycles. The van der Waals surface area contributed by atoms with Crippen molar-refractivity contribution in [2.75, 3.05) is 0 Å². The number of aryl methyl sites for hydroxylation is 1. The van der Waals surface area contributed by atoms with Crippen molar-refractivity contribution in [3.8, 4) is 0 Å². The summed E-state index contributed by atoms with van der Waals surface area (Å²) in [6.45, 7) is 2.78. The highest BCUT2D eigenvalue weighted by Gasteiger charge is 2.42. The van der Waals surface area contributed by atoms with E-state index in [9.17, 15) is 13.2 Å². The molecule has 0 spiro atoms. The van der Waals surface area contributed by atoms with Gasteiger partial charge in [0.05, 0.1) is 12.0 Å². The third kappa shape index (κ3) is 3.11. The van der Waals surface area contributed by atoms with Gasteiger partial charge in [0.25, 0.3) is 0 Å². The average Bonchev–Trinajstić information content (AvgIpc) is 2.85. The summed E-state index contributed by atoms with van der Waals surface area (Å²) in [6.07, 6.45) is 0.931. The zero-order valence-corrected chi connectivity index (χ0v) is 11.0. The normalized spacial score (nSPS) is 26.4. The molecule has 1 saturated carbocycles. The van der Waals surface area contributed by atoms with Gasteiger partial charge in [-0.05, 0) is 38.5 Å². The van der Waals surface area contributed by atoms with Crippen molar-refractivity contribution in [1.29, 1.82) is 0 Å². The molecule has 1 aliphatic rings. The smallest absolute Gasteiger partial charge is 0.334 e. The summed E-state index contributed by atoms with van der Waals surface area (Å²) in [4.78, 5) is 4.25. The third-order valence-corrected chi connectivity index (χ3v) is 4.13. The van der Waals surface area contributed by atoms with Gasteiger partial charge in [-0.3, -0.25) is 0 Å². The first kappa shape index (κ1) is 14.4. The molecule has 1 fully saturated rings. The quantitative estimate of drug-likeness (QED) is 0.920. The Labute approximate surface area is 111 Å². The molecule has 0 saturated heterocycles. The van der Waals surface area contributed by atoms with E-state index in [0.717, 1.165) is 12.4 Å². The summed E-state index contributed by atoms with van der Waals surface area (Å²) in [5.74, 6) is -0.258. The summed E-state index contributed by atoms with van der Waals surface area (Å²) in [5, 5.41) is 0. The zero-order chi connectivity index (χ0) is 14.0. The first-order valence-corrected chi connectivity index (χ1v) is 6.76. The second-order valence-corrected chi connectivity index (χ2v) is 5.25. The van der Waals surface area contributed by atoms with E-state index in [1.54, 1.807) is 6.20 Å². The predicted molar refractivity (Wildman–Crippen MR) is 66.3 cm³/mol. The largest absolute Gasteiger partial charge is 0.391 e. The molecule has 2 N–H and O–H groups in total. The summed E-state index contributed by atoms with van der Waals surface area (Å²) < 4.78 is 39.8. The van der Waals surface area contributed by atoms with E-state index in [1.165, 1.54) is 0 Å². The van der Waals surface area contributed by atoms with Crippen LogP contribution in [0.4, 0.5) is 13.2 Å². The van der Waals surface area contributed by atoms with Crippen molar-refractivity contribution in [3.63, 3.8) is 0 Å². The third-order valence-electron chi connectivity index (χ3n) is 4.13. The van der Waals surface area contributed by atoms with E-state index >= 15 is 0 Å². The Bertz CT molecular complexity index is 406. The lowest BCUT2D eigenvalue weighted by molar-refractivity contribution is -0.184. The van der Waals surface area contributed by atoms with Gasteiger partial charge in [0, 0.05) is 18.9 Å². The monoisotopic (exact) mass is 275 g/mol. The number of halogens is 3. The van der Waals surface area contributed by atoms with Gasteiger partial charge in [0.1, 0.15) is 5.82 Å². The van der Waals surface area contributed by atoms with E-state index in [0.29, 0.717) is 12.8 Å². The minimum Gasteiger partial charge on any atom is -0.334 e. The number of hydrogen-bond acceptors (Lipinski definition) is 2. The van der Waals surface area contributed by atoms with Gasteiger partial charge in [0.15, 0.2) is 0 Å². The molecular formula is C13H20F3N3. The molecule has 1 aromatic rings. The molecule has 1 atom stereocenters. The predicted octanol–water partition coefficient (Wildman–Crippen LogP) is 3.27. The summed E-state index contributed by atoms with van der Waals surface area (Å²) in [6, 6.07) is -0.260. The highest BCUT2D eigenvalue weighted by molar-refractivity contribution is 5.01. The van der Waals surface area contributed by atoms with Crippen molar-refractivity contribution in [1.82, 2.24) is 9.55 Å². The number of aromatic nitrogens is 2. The first-order valence-electron chi connectivity index (χ1n) is 6.76. The van der Waals surface area contributed by atoms with Crippen molar-refractivity contribution in [3.05, 3.63) is 18.2 Å². The fraction of sp³-hybridized carbons (Fsp3) is 0.769. The Morgan fingerprint density at radius 1 is 1.37 bits per heavy atom. The number of nitrogens with zero attached hydrogens (tertiary/aromatic N) is 2. The second kappa shape index (κ2) is 5.53. The molecule has 19 heavy (non-hydrogen) atoms. The van der Waals surface area contributed by atoms with Crippen LogP contribution >= 0.6 is 0 Å². The maximum atomic E-state index is 12.6. The van der Waals surface area contributed by atoms with Gasteiger partial charge in [-0.1, -0.05) is 0 Å². The number of nitrogens with two attached hydrogens (primary N) is 1. The average molecular weight is 275 g/mol. The Morgan fingerprint density at radius 2 is 2.00 bits per heavy atom. The van der Waals surface area contributed by atoms with Crippen LogP contribution in [-0.4, -0.2) is 15.7 Å². The van der Waals surface area contributed by atoms with E-state index in [-0.39, 0.29) is 24.8 Å². The number of rotatable bonds is 3. The van der Waals surface area contributed by atoms with Gasteiger partial charge in [-0.25, -0.2) is 4.98 Å². The SMILES string of the molecule is CCn1ccnc1C(N)C1CCC(C(F)(F)F)CC1. The van der Waals surface area contributed by atoms with Gasteiger partial charge in [0.2, 0.25) is 0 Å². The molecule has 3 nitrogen and oxygen atoms in total. The lowest BCUT2D eigenvalue weighted by Crippen LogP contribution is -2.33. The van der Waals surface area contributed by atoms with Crippen LogP contribution in [0.2, 0.25) is 0 Å². The Kier molecular flexibility index (Phi) is 4.18. The number of hydrogen-bond donors (Lipinski definition) is 1. The fourth-order valence-electron chi connectivity index (χ4n) is 2.90. The highest BCUT2D eigenvalue weighted by Crippen LogP contribution is 2.42. The lowest BCUT2D eigenvalue weighted by atomic mass is 9.78. The molecule has 1 aromatic heterocycles. The maximum absolute atomic E-state index is 12.6. The van der Waals surface area contributed by atoms with Crippen molar-refractivity contribution in [2.45, 2.75) is 51.4 Å². The summed E-state index contributed by atoms with van der Waals surface area (Å²) in [5.41, 5.74) is 6.18.